The fourth-order valence-electron chi connectivity index (χ4n) is 4.25. The van der Waals surface area contributed by atoms with Gasteiger partial charge >= 0.3 is 0 Å². The zero-order valence-corrected chi connectivity index (χ0v) is 19.2. The minimum Gasteiger partial charge on any atom is -0.491 e. The zero-order chi connectivity index (χ0) is 21.1. The molecule has 4 rings (SSSR count). The molecule has 0 radical (unpaired) electrons. The maximum Gasteiger partial charge on any atom is 0.122 e. The Morgan fingerprint density at radius 2 is 1.83 bits per heavy atom. The molecule has 3 aromatic rings. The highest BCUT2D eigenvalue weighted by Gasteiger charge is 2.19. The Hall–Kier alpha value is -2.33. The second-order valence-electron chi connectivity index (χ2n) is 8.63. The van der Waals surface area contributed by atoms with Crippen LogP contribution in [0.5, 0.6) is 5.75 Å². The first-order valence-electron chi connectivity index (χ1n) is 11.1. The molecule has 0 spiro atoms. The summed E-state index contributed by atoms with van der Waals surface area (Å²) in [5.74, 6) is 1.49. The Kier molecular flexibility index (Phi) is 6.43. The summed E-state index contributed by atoms with van der Waals surface area (Å²) in [5, 5.41) is 1.24. The fraction of sp³-hybridized carbons (Fsp3) is 0.423. The molecule has 1 fully saturated rings. The minimum atomic E-state index is 0.500. The number of benzene rings is 2. The van der Waals surface area contributed by atoms with Crippen molar-refractivity contribution >= 4 is 28.1 Å². The first-order valence-corrected chi connectivity index (χ1v) is 11.6. The van der Waals surface area contributed by atoms with Crippen LogP contribution in [0.3, 0.4) is 0 Å². The summed E-state index contributed by atoms with van der Waals surface area (Å²) < 4.78 is 8.50. The fourth-order valence-corrected chi connectivity index (χ4v) is 4.60. The molecule has 0 saturated carbocycles. The Balaban J connectivity index is 1.52. The van der Waals surface area contributed by atoms with Gasteiger partial charge in [0.2, 0.25) is 0 Å². The van der Waals surface area contributed by atoms with E-state index in [-0.39, 0.29) is 0 Å². The van der Waals surface area contributed by atoms with Gasteiger partial charge in [0.25, 0.3) is 0 Å². The Bertz CT molecular complexity index is 1030. The number of thiocarbonyl (C=S) groups is 1. The van der Waals surface area contributed by atoms with Crippen LogP contribution in [0.15, 0.2) is 48.7 Å². The number of aryl methyl sites for hydroxylation is 1. The van der Waals surface area contributed by atoms with Crippen LogP contribution in [0, 0.1) is 6.92 Å². The third-order valence-corrected chi connectivity index (χ3v) is 6.61. The van der Waals surface area contributed by atoms with E-state index in [0.29, 0.717) is 12.5 Å². The van der Waals surface area contributed by atoms with Gasteiger partial charge in [-0.05, 0) is 55.4 Å². The van der Waals surface area contributed by atoms with E-state index in [4.69, 9.17) is 17.0 Å². The van der Waals surface area contributed by atoms with Crippen molar-refractivity contribution in [1.29, 1.82) is 0 Å². The Morgan fingerprint density at radius 1 is 1.07 bits per heavy atom. The summed E-state index contributed by atoms with van der Waals surface area (Å²) in [6, 6.07) is 15.1. The molecule has 30 heavy (non-hydrogen) atoms. The van der Waals surface area contributed by atoms with Gasteiger partial charge in [-0.3, -0.25) is 0 Å². The molecule has 0 amide bonds. The predicted octanol–water partition coefficient (Wildman–Crippen LogP) is 6.31. The molecule has 0 aliphatic carbocycles. The lowest BCUT2D eigenvalue weighted by Crippen LogP contribution is -2.34. The number of fused-ring (bicyclic) bond motifs is 1. The van der Waals surface area contributed by atoms with Gasteiger partial charge in [-0.2, -0.15) is 0 Å². The first-order chi connectivity index (χ1) is 14.5. The van der Waals surface area contributed by atoms with E-state index in [2.05, 4.69) is 78.9 Å². The second kappa shape index (κ2) is 9.22. The van der Waals surface area contributed by atoms with Crippen molar-refractivity contribution in [1.82, 2.24) is 9.47 Å². The predicted molar refractivity (Wildman–Crippen MR) is 130 cm³/mol. The number of hydrogen-bond donors (Lipinski definition) is 0. The van der Waals surface area contributed by atoms with Crippen LogP contribution in [-0.2, 0) is 6.54 Å². The van der Waals surface area contributed by atoms with Gasteiger partial charge in [0.05, 0.1) is 6.54 Å². The van der Waals surface area contributed by atoms with Crippen molar-refractivity contribution in [3.05, 3.63) is 65.4 Å². The van der Waals surface area contributed by atoms with Crippen LogP contribution < -0.4 is 4.74 Å². The zero-order valence-electron chi connectivity index (χ0n) is 18.4. The van der Waals surface area contributed by atoms with Crippen LogP contribution in [0.2, 0.25) is 0 Å². The molecule has 1 aromatic heterocycles. The molecule has 3 nitrogen and oxygen atoms in total. The van der Waals surface area contributed by atoms with Crippen LogP contribution in [0.4, 0.5) is 0 Å². The summed E-state index contributed by atoms with van der Waals surface area (Å²) in [4.78, 5) is 3.37. The topological polar surface area (TPSA) is 17.4 Å². The van der Waals surface area contributed by atoms with Crippen molar-refractivity contribution in [2.24, 2.45) is 0 Å². The quantitative estimate of drug-likeness (QED) is 0.435. The summed E-state index contributed by atoms with van der Waals surface area (Å²) in [6.07, 6.45) is 6.01. The van der Waals surface area contributed by atoms with Crippen LogP contribution >= 0.6 is 12.2 Å². The first kappa shape index (κ1) is 20.9. The highest BCUT2D eigenvalue weighted by molar-refractivity contribution is 7.80. The van der Waals surface area contributed by atoms with Crippen molar-refractivity contribution in [3.63, 3.8) is 0 Å². The van der Waals surface area contributed by atoms with Gasteiger partial charge in [0.15, 0.2) is 0 Å². The number of para-hydroxylation sites is 1. The molecule has 2 heterocycles. The number of aromatic nitrogens is 1. The molecule has 0 N–H and O–H groups in total. The largest absolute Gasteiger partial charge is 0.491 e. The van der Waals surface area contributed by atoms with E-state index in [0.717, 1.165) is 30.4 Å². The van der Waals surface area contributed by atoms with E-state index in [1.54, 1.807) is 0 Å². The number of piperidine rings is 1. The molecular formula is C26H32N2OS. The average molecular weight is 421 g/mol. The van der Waals surface area contributed by atoms with Crippen molar-refractivity contribution in [2.75, 3.05) is 19.7 Å². The van der Waals surface area contributed by atoms with E-state index >= 15 is 0 Å². The summed E-state index contributed by atoms with van der Waals surface area (Å²) >= 11 is 5.91. The standard InChI is InChI=1S/C26H32N2OS/c1-19(2)21-12-11-20(3)25(17-21)29-16-15-28-18-23(22-9-5-6-10-24(22)28)26(30)27-13-7-4-8-14-27/h5-6,9-12,17-19H,4,7-8,13-16H2,1-3H3. The smallest absolute Gasteiger partial charge is 0.122 e. The second-order valence-corrected chi connectivity index (χ2v) is 9.02. The van der Waals surface area contributed by atoms with Crippen LogP contribution in [-0.4, -0.2) is 34.2 Å². The maximum atomic E-state index is 6.20. The summed E-state index contributed by atoms with van der Waals surface area (Å²) in [6.45, 7) is 10.1. The number of ether oxygens (including phenoxy) is 1. The number of hydrogen-bond acceptors (Lipinski definition) is 2. The van der Waals surface area contributed by atoms with Crippen LogP contribution in [0.1, 0.15) is 55.7 Å². The molecule has 0 unspecified atom stereocenters. The molecule has 0 bridgehead atoms. The molecule has 1 saturated heterocycles. The molecule has 2 aromatic carbocycles. The molecule has 0 atom stereocenters. The van der Waals surface area contributed by atoms with E-state index < -0.39 is 0 Å². The summed E-state index contributed by atoms with van der Waals surface area (Å²) in [7, 11) is 0. The van der Waals surface area contributed by atoms with E-state index in [9.17, 15) is 0 Å². The average Bonchev–Trinajstić information content (AvgIpc) is 3.14. The van der Waals surface area contributed by atoms with Crippen molar-refractivity contribution in [3.8, 4) is 5.75 Å². The molecule has 1 aliphatic heterocycles. The lowest BCUT2D eigenvalue weighted by molar-refractivity contribution is 0.298. The maximum absolute atomic E-state index is 6.20. The number of likely N-dealkylation sites (tertiary alicyclic amines) is 1. The highest BCUT2D eigenvalue weighted by atomic mass is 32.1. The van der Waals surface area contributed by atoms with E-state index in [1.165, 1.54) is 46.9 Å². The van der Waals surface area contributed by atoms with Crippen LogP contribution in [0.25, 0.3) is 10.9 Å². The number of rotatable bonds is 6. The highest BCUT2D eigenvalue weighted by Crippen LogP contribution is 2.26. The third-order valence-electron chi connectivity index (χ3n) is 6.13. The Labute approximate surface area is 185 Å². The third kappa shape index (κ3) is 4.39. The minimum absolute atomic E-state index is 0.500. The van der Waals surface area contributed by atoms with Gasteiger partial charge in [0.1, 0.15) is 17.3 Å². The van der Waals surface area contributed by atoms with Crippen molar-refractivity contribution in [2.45, 2.75) is 52.5 Å². The monoisotopic (exact) mass is 420 g/mol. The summed E-state index contributed by atoms with van der Waals surface area (Å²) in [5.41, 5.74) is 4.91. The molecule has 1 aliphatic rings. The van der Waals surface area contributed by atoms with Crippen molar-refractivity contribution < 1.29 is 4.74 Å². The molecular weight excluding hydrogens is 388 g/mol. The lowest BCUT2D eigenvalue weighted by atomic mass is 10.0. The Morgan fingerprint density at radius 3 is 2.60 bits per heavy atom. The molecule has 4 heteroatoms. The lowest BCUT2D eigenvalue weighted by Gasteiger charge is -2.28. The normalized spacial score (nSPS) is 14.5. The molecule has 158 valence electrons. The number of nitrogens with zero attached hydrogens (tertiary/aromatic N) is 2. The SMILES string of the molecule is Cc1ccc(C(C)C)cc1OCCn1cc(C(=S)N2CCCCC2)c2ccccc21. The van der Waals surface area contributed by atoms with Gasteiger partial charge in [-0.1, -0.05) is 56.4 Å². The van der Waals surface area contributed by atoms with Gasteiger partial charge in [-0.25, -0.2) is 0 Å². The van der Waals surface area contributed by atoms with E-state index in [1.807, 2.05) is 0 Å². The van der Waals surface area contributed by atoms with Gasteiger partial charge < -0.3 is 14.2 Å². The van der Waals surface area contributed by atoms with Gasteiger partial charge in [-0.15, -0.1) is 0 Å². The van der Waals surface area contributed by atoms with Gasteiger partial charge in [0, 0.05) is 35.8 Å².